The molecule has 7 heteroatoms. The Morgan fingerprint density at radius 2 is 2.00 bits per heavy atom. The second-order valence-electron chi connectivity index (χ2n) is 6.04. The van der Waals surface area contributed by atoms with Crippen molar-refractivity contribution >= 4 is 17.3 Å². The van der Waals surface area contributed by atoms with Gasteiger partial charge < -0.3 is 15.4 Å². The maximum absolute atomic E-state index is 12.7. The van der Waals surface area contributed by atoms with Gasteiger partial charge >= 0.3 is 0 Å². The average Bonchev–Trinajstić information content (AvgIpc) is 3.11. The van der Waals surface area contributed by atoms with E-state index in [0.29, 0.717) is 13.1 Å². The maximum Gasteiger partial charge on any atom is 0.292 e. The van der Waals surface area contributed by atoms with Crippen LogP contribution in [0.1, 0.15) is 28.3 Å². The van der Waals surface area contributed by atoms with Crippen molar-refractivity contribution < 1.29 is 14.5 Å². The number of nitrogen functional groups attached to an aromatic ring is 1. The minimum absolute atomic E-state index is 0.0547. The van der Waals surface area contributed by atoms with E-state index in [1.807, 2.05) is 24.3 Å². The van der Waals surface area contributed by atoms with E-state index in [0.717, 1.165) is 17.7 Å². The van der Waals surface area contributed by atoms with Gasteiger partial charge in [0.25, 0.3) is 11.6 Å². The average molecular weight is 341 g/mol. The van der Waals surface area contributed by atoms with E-state index in [1.54, 1.807) is 12.0 Å². The van der Waals surface area contributed by atoms with Gasteiger partial charge in [0, 0.05) is 30.6 Å². The highest BCUT2D eigenvalue weighted by Crippen LogP contribution is 2.30. The number of nitrogens with two attached hydrogens (primary N) is 1. The van der Waals surface area contributed by atoms with Crippen molar-refractivity contribution in [2.24, 2.45) is 0 Å². The molecule has 1 atom stereocenters. The Kier molecular flexibility index (Phi) is 4.56. The molecule has 130 valence electrons. The molecule has 1 fully saturated rings. The highest BCUT2D eigenvalue weighted by atomic mass is 16.6. The SMILES string of the molecule is COc1ccc([C@H]2CCN(C(=O)c3ccc(N)c([N+](=O)[O-])c3)C2)cc1. The summed E-state index contributed by atoms with van der Waals surface area (Å²) in [7, 11) is 1.62. The van der Waals surface area contributed by atoms with Crippen molar-refractivity contribution in [3.8, 4) is 5.75 Å². The molecule has 0 saturated carbocycles. The van der Waals surface area contributed by atoms with Gasteiger partial charge in [-0.05, 0) is 36.2 Å². The van der Waals surface area contributed by atoms with Gasteiger partial charge in [-0.15, -0.1) is 0 Å². The maximum atomic E-state index is 12.7. The van der Waals surface area contributed by atoms with Gasteiger partial charge in [-0.3, -0.25) is 14.9 Å². The second kappa shape index (κ2) is 6.80. The van der Waals surface area contributed by atoms with Gasteiger partial charge in [0.2, 0.25) is 0 Å². The van der Waals surface area contributed by atoms with E-state index in [-0.39, 0.29) is 28.8 Å². The molecule has 2 N–H and O–H groups in total. The number of methoxy groups -OCH3 is 1. The molecule has 0 bridgehead atoms. The highest BCUT2D eigenvalue weighted by Gasteiger charge is 2.29. The number of rotatable bonds is 4. The van der Waals surface area contributed by atoms with Crippen molar-refractivity contribution in [1.82, 2.24) is 4.90 Å². The number of carbonyl (C=O) groups is 1. The number of likely N-dealkylation sites (tertiary alicyclic amines) is 1. The van der Waals surface area contributed by atoms with Crippen LogP contribution in [-0.4, -0.2) is 35.9 Å². The Morgan fingerprint density at radius 1 is 1.28 bits per heavy atom. The first-order valence-corrected chi connectivity index (χ1v) is 7.96. The van der Waals surface area contributed by atoms with E-state index in [1.165, 1.54) is 18.2 Å². The second-order valence-corrected chi connectivity index (χ2v) is 6.04. The molecule has 0 unspecified atom stereocenters. The molecule has 0 spiro atoms. The summed E-state index contributed by atoms with van der Waals surface area (Å²) in [6.45, 7) is 1.21. The summed E-state index contributed by atoms with van der Waals surface area (Å²) in [6.07, 6.45) is 0.856. The first-order valence-electron chi connectivity index (χ1n) is 7.96. The molecule has 0 aromatic heterocycles. The number of ether oxygens (including phenoxy) is 1. The molecule has 1 amide bonds. The number of hydrogen-bond acceptors (Lipinski definition) is 5. The lowest BCUT2D eigenvalue weighted by Crippen LogP contribution is -2.28. The lowest BCUT2D eigenvalue weighted by atomic mass is 9.98. The van der Waals surface area contributed by atoms with Gasteiger partial charge in [-0.25, -0.2) is 0 Å². The number of nitrogens with zero attached hydrogens (tertiary/aromatic N) is 2. The number of anilines is 1. The van der Waals surface area contributed by atoms with Crippen LogP contribution in [-0.2, 0) is 0 Å². The van der Waals surface area contributed by atoms with Crippen LogP contribution in [0.3, 0.4) is 0 Å². The summed E-state index contributed by atoms with van der Waals surface area (Å²) in [6, 6.07) is 12.0. The smallest absolute Gasteiger partial charge is 0.292 e. The Balaban J connectivity index is 1.74. The van der Waals surface area contributed by atoms with Crippen molar-refractivity contribution in [3.63, 3.8) is 0 Å². The molecule has 1 saturated heterocycles. The van der Waals surface area contributed by atoms with Crippen molar-refractivity contribution in [3.05, 3.63) is 63.7 Å². The third-order valence-corrected chi connectivity index (χ3v) is 4.54. The molecular weight excluding hydrogens is 322 g/mol. The molecule has 0 aliphatic carbocycles. The standard InChI is InChI=1S/C18H19N3O4/c1-25-15-5-2-12(3-6-15)14-8-9-20(11-14)18(22)13-4-7-16(19)17(10-13)21(23)24/h2-7,10,14H,8-9,11,19H2,1H3/t14-/m0/s1. The predicted octanol–water partition coefficient (Wildman–Crippen LogP) is 2.82. The number of benzene rings is 2. The molecule has 1 heterocycles. The van der Waals surface area contributed by atoms with Crippen LogP contribution in [0.25, 0.3) is 0 Å². The Bertz CT molecular complexity index is 804. The van der Waals surface area contributed by atoms with E-state index >= 15 is 0 Å². The first-order chi connectivity index (χ1) is 12.0. The first kappa shape index (κ1) is 16.8. The molecule has 25 heavy (non-hydrogen) atoms. The molecule has 0 radical (unpaired) electrons. The van der Waals surface area contributed by atoms with E-state index < -0.39 is 4.92 Å². The molecule has 2 aromatic rings. The van der Waals surface area contributed by atoms with Gasteiger partial charge in [0.1, 0.15) is 11.4 Å². The number of hydrogen-bond donors (Lipinski definition) is 1. The summed E-state index contributed by atoms with van der Waals surface area (Å²) >= 11 is 0. The topological polar surface area (TPSA) is 98.7 Å². The van der Waals surface area contributed by atoms with Crippen LogP contribution < -0.4 is 10.5 Å². The van der Waals surface area contributed by atoms with Gasteiger partial charge in [-0.2, -0.15) is 0 Å². The van der Waals surface area contributed by atoms with Gasteiger partial charge in [-0.1, -0.05) is 12.1 Å². The number of nitro groups is 1. The van der Waals surface area contributed by atoms with E-state index in [2.05, 4.69) is 0 Å². The third-order valence-electron chi connectivity index (χ3n) is 4.54. The zero-order valence-corrected chi connectivity index (χ0v) is 13.8. The zero-order chi connectivity index (χ0) is 18.0. The fourth-order valence-electron chi connectivity index (χ4n) is 3.11. The van der Waals surface area contributed by atoms with Crippen LogP contribution in [0.5, 0.6) is 5.75 Å². The minimum atomic E-state index is -0.573. The molecule has 1 aliphatic heterocycles. The fourth-order valence-corrected chi connectivity index (χ4v) is 3.11. The van der Waals surface area contributed by atoms with Crippen LogP contribution in [0.15, 0.2) is 42.5 Å². The van der Waals surface area contributed by atoms with E-state index in [9.17, 15) is 14.9 Å². The molecule has 2 aromatic carbocycles. The summed E-state index contributed by atoms with van der Waals surface area (Å²) in [4.78, 5) is 24.8. The number of nitro benzene ring substituents is 1. The third kappa shape index (κ3) is 3.40. The van der Waals surface area contributed by atoms with Crippen LogP contribution in [0, 0.1) is 10.1 Å². The Hall–Kier alpha value is -3.09. The molecule has 7 nitrogen and oxygen atoms in total. The van der Waals surface area contributed by atoms with Crippen LogP contribution in [0.2, 0.25) is 0 Å². The monoisotopic (exact) mass is 341 g/mol. The van der Waals surface area contributed by atoms with Crippen molar-refractivity contribution in [2.45, 2.75) is 12.3 Å². The summed E-state index contributed by atoms with van der Waals surface area (Å²) in [5, 5.41) is 11.0. The van der Waals surface area contributed by atoms with Crippen LogP contribution >= 0.6 is 0 Å². The lowest BCUT2D eigenvalue weighted by molar-refractivity contribution is -0.383. The fraction of sp³-hybridized carbons (Fsp3) is 0.278. The molecule has 1 aliphatic rings. The van der Waals surface area contributed by atoms with Crippen molar-refractivity contribution in [1.29, 1.82) is 0 Å². The van der Waals surface area contributed by atoms with Crippen LogP contribution in [0.4, 0.5) is 11.4 Å². The largest absolute Gasteiger partial charge is 0.497 e. The summed E-state index contributed by atoms with van der Waals surface area (Å²) < 4.78 is 5.16. The Labute approximate surface area is 145 Å². The van der Waals surface area contributed by atoms with E-state index in [4.69, 9.17) is 10.5 Å². The lowest BCUT2D eigenvalue weighted by Gasteiger charge is -2.17. The summed E-state index contributed by atoms with van der Waals surface area (Å²) in [5.74, 6) is 0.835. The van der Waals surface area contributed by atoms with Gasteiger partial charge in [0.15, 0.2) is 0 Å². The normalized spacial score (nSPS) is 16.7. The molecule has 3 rings (SSSR count). The summed E-state index contributed by atoms with van der Waals surface area (Å²) in [5.41, 5.74) is 6.84. The van der Waals surface area contributed by atoms with Crippen molar-refractivity contribution in [2.75, 3.05) is 25.9 Å². The Morgan fingerprint density at radius 3 is 2.64 bits per heavy atom. The number of amides is 1. The molecular formula is C18H19N3O4. The predicted molar refractivity (Wildman–Crippen MR) is 93.8 cm³/mol. The number of carbonyl (C=O) groups excluding carboxylic acids is 1. The highest BCUT2D eigenvalue weighted by molar-refractivity contribution is 5.95. The quantitative estimate of drug-likeness (QED) is 0.524. The zero-order valence-electron chi connectivity index (χ0n) is 13.8. The minimum Gasteiger partial charge on any atom is -0.497 e. The van der Waals surface area contributed by atoms with Gasteiger partial charge in [0.05, 0.1) is 12.0 Å².